The lowest BCUT2D eigenvalue weighted by Crippen LogP contribution is -2.60. The summed E-state index contributed by atoms with van der Waals surface area (Å²) < 4.78 is 0. The van der Waals surface area contributed by atoms with Gasteiger partial charge in [0.25, 0.3) is 0 Å². The normalized spacial score (nSPS) is 24.9. The van der Waals surface area contributed by atoms with Crippen molar-refractivity contribution in [3.05, 3.63) is 54.1 Å². The maximum Gasteiger partial charge on any atom is 0.246 e. The maximum atomic E-state index is 13.7. The third-order valence-electron chi connectivity index (χ3n) is 5.89. The van der Waals surface area contributed by atoms with Crippen molar-refractivity contribution in [2.75, 3.05) is 11.4 Å². The fourth-order valence-electron chi connectivity index (χ4n) is 3.90. The number of para-hydroxylation sites is 1. The number of benzene rings is 1. The zero-order valence-corrected chi connectivity index (χ0v) is 19.3. The van der Waals surface area contributed by atoms with E-state index in [0.717, 1.165) is 36.9 Å². The molecule has 1 aliphatic rings. The minimum Gasteiger partial charge on any atom is -0.354 e. The Morgan fingerprint density at radius 3 is 2.70 bits per heavy atom. The highest BCUT2D eigenvalue weighted by Crippen LogP contribution is 2.34. The van der Waals surface area contributed by atoms with E-state index in [0.29, 0.717) is 18.9 Å². The highest BCUT2D eigenvalue weighted by molar-refractivity contribution is 6.05. The summed E-state index contributed by atoms with van der Waals surface area (Å²) in [6.07, 6.45) is 12.0. The van der Waals surface area contributed by atoms with E-state index in [2.05, 4.69) is 32.2 Å². The number of nitrogens with one attached hydrogen (secondary N) is 1. The number of anilines is 1. The Hall–Kier alpha value is -2.36. The van der Waals surface area contributed by atoms with Crippen LogP contribution in [0.15, 0.2) is 48.6 Å². The number of nitrogens with zero attached hydrogens (tertiary/aromatic N) is 1. The van der Waals surface area contributed by atoms with Crippen LogP contribution in [0.1, 0.15) is 65.9 Å². The molecule has 0 radical (unpaired) electrons. The molecule has 0 aliphatic carbocycles. The molecular formula is C26H38N2O2. The molecule has 0 aromatic heterocycles. The van der Waals surface area contributed by atoms with Crippen molar-refractivity contribution in [3.8, 4) is 0 Å². The van der Waals surface area contributed by atoms with Crippen LogP contribution in [-0.4, -0.2) is 23.9 Å². The lowest BCUT2D eigenvalue weighted by atomic mass is 9.88. The van der Waals surface area contributed by atoms with Crippen LogP contribution in [0, 0.1) is 11.8 Å². The number of carbonyl (C=O) groups excluding carboxylic acids is 2. The van der Waals surface area contributed by atoms with Crippen molar-refractivity contribution in [1.29, 1.82) is 0 Å². The summed E-state index contributed by atoms with van der Waals surface area (Å²) in [5.74, 6) is 0.0886. The van der Waals surface area contributed by atoms with Gasteiger partial charge in [-0.15, -0.1) is 0 Å². The minimum atomic E-state index is -0.945. The standard InChI is InChI=1S/C26H38N2O2/c1-6-22-15-11-12-16-23(22)28-24(29)21(4)14-10-8-7-9-13-18-26(28,5)25(30)27-19-17-20(2)3/h7-8,10-12,14-16,20-21H,6,9,13,17-19H2,1-5H3,(H,27,30)/b8-7-,14-10-. The molecule has 1 aromatic carbocycles. The highest BCUT2D eigenvalue weighted by atomic mass is 16.2. The van der Waals surface area contributed by atoms with Gasteiger partial charge in [0.15, 0.2) is 0 Å². The van der Waals surface area contributed by atoms with E-state index in [1.54, 1.807) is 4.90 Å². The third-order valence-corrected chi connectivity index (χ3v) is 5.89. The first-order valence-corrected chi connectivity index (χ1v) is 11.3. The van der Waals surface area contributed by atoms with E-state index >= 15 is 0 Å². The summed E-state index contributed by atoms with van der Waals surface area (Å²) >= 11 is 0. The second kappa shape index (κ2) is 11.1. The van der Waals surface area contributed by atoms with Crippen LogP contribution in [0.3, 0.4) is 0 Å². The summed E-state index contributed by atoms with van der Waals surface area (Å²) in [6.45, 7) is 10.8. The molecule has 164 valence electrons. The molecular weight excluding hydrogens is 372 g/mol. The van der Waals surface area contributed by atoms with Gasteiger partial charge >= 0.3 is 0 Å². The Balaban J connectivity index is 2.54. The quantitative estimate of drug-likeness (QED) is 0.679. The lowest BCUT2D eigenvalue weighted by Gasteiger charge is -2.42. The number of hydrogen-bond acceptors (Lipinski definition) is 2. The molecule has 2 rings (SSSR count). The highest BCUT2D eigenvalue weighted by Gasteiger charge is 2.44. The molecule has 4 nitrogen and oxygen atoms in total. The van der Waals surface area contributed by atoms with Gasteiger partial charge in [0.05, 0.1) is 5.92 Å². The van der Waals surface area contributed by atoms with Crippen LogP contribution in [0.25, 0.3) is 0 Å². The van der Waals surface area contributed by atoms with Gasteiger partial charge in [0, 0.05) is 12.2 Å². The van der Waals surface area contributed by atoms with E-state index in [1.807, 2.05) is 56.3 Å². The van der Waals surface area contributed by atoms with E-state index in [-0.39, 0.29) is 17.7 Å². The van der Waals surface area contributed by atoms with Gasteiger partial charge in [-0.3, -0.25) is 14.5 Å². The first-order chi connectivity index (χ1) is 14.3. The van der Waals surface area contributed by atoms with Gasteiger partial charge in [-0.05, 0) is 56.6 Å². The first kappa shape index (κ1) is 23.9. The Morgan fingerprint density at radius 1 is 1.27 bits per heavy atom. The van der Waals surface area contributed by atoms with Crippen LogP contribution < -0.4 is 10.2 Å². The van der Waals surface area contributed by atoms with Gasteiger partial charge in [0.1, 0.15) is 5.54 Å². The minimum absolute atomic E-state index is 0.0380. The van der Waals surface area contributed by atoms with Crippen molar-refractivity contribution in [3.63, 3.8) is 0 Å². The molecule has 2 atom stereocenters. The van der Waals surface area contributed by atoms with Gasteiger partial charge in [-0.25, -0.2) is 0 Å². The second-order valence-corrected chi connectivity index (χ2v) is 8.86. The molecule has 0 spiro atoms. The smallest absolute Gasteiger partial charge is 0.246 e. The third kappa shape index (κ3) is 5.84. The fourth-order valence-corrected chi connectivity index (χ4v) is 3.90. The molecule has 2 amide bonds. The summed E-state index contributed by atoms with van der Waals surface area (Å²) in [6, 6.07) is 7.97. The summed E-state index contributed by atoms with van der Waals surface area (Å²) in [5.41, 5.74) is 0.981. The number of hydrogen-bond donors (Lipinski definition) is 1. The van der Waals surface area contributed by atoms with Gasteiger partial charge < -0.3 is 5.32 Å². The Bertz CT molecular complexity index is 781. The zero-order chi connectivity index (χ0) is 22.1. The molecule has 4 heteroatoms. The topological polar surface area (TPSA) is 49.4 Å². The summed E-state index contributed by atoms with van der Waals surface area (Å²) in [7, 11) is 0. The predicted octanol–water partition coefficient (Wildman–Crippen LogP) is 5.44. The molecule has 30 heavy (non-hydrogen) atoms. The van der Waals surface area contributed by atoms with E-state index < -0.39 is 5.54 Å². The number of carbonyl (C=O) groups is 2. The second-order valence-electron chi connectivity index (χ2n) is 8.86. The van der Waals surface area contributed by atoms with Crippen molar-refractivity contribution >= 4 is 17.5 Å². The molecule has 2 unspecified atom stereocenters. The average Bonchev–Trinajstić information content (AvgIpc) is 2.74. The number of aryl methyl sites for hydroxylation is 1. The average molecular weight is 411 g/mol. The van der Waals surface area contributed by atoms with Gasteiger partial charge in [-0.2, -0.15) is 0 Å². The van der Waals surface area contributed by atoms with Crippen molar-refractivity contribution in [2.24, 2.45) is 11.8 Å². The van der Waals surface area contributed by atoms with Gasteiger partial charge in [0.2, 0.25) is 11.8 Å². The maximum absolute atomic E-state index is 13.7. The summed E-state index contributed by atoms with van der Waals surface area (Å²) in [5, 5.41) is 3.13. The van der Waals surface area contributed by atoms with Crippen molar-refractivity contribution < 1.29 is 9.59 Å². The van der Waals surface area contributed by atoms with E-state index in [9.17, 15) is 9.59 Å². The molecule has 1 aliphatic heterocycles. The SMILES string of the molecule is CCc1ccccc1N1C(=O)C(C)/C=C\C=C/CCCC1(C)C(=O)NCCC(C)C. The van der Waals surface area contributed by atoms with Crippen LogP contribution in [0.5, 0.6) is 0 Å². The van der Waals surface area contributed by atoms with Crippen LogP contribution in [0.4, 0.5) is 5.69 Å². The number of allylic oxidation sites excluding steroid dienone is 3. The molecule has 1 heterocycles. The largest absolute Gasteiger partial charge is 0.354 e. The van der Waals surface area contributed by atoms with Crippen molar-refractivity contribution in [2.45, 2.75) is 72.3 Å². The number of rotatable bonds is 6. The molecule has 1 aromatic rings. The monoisotopic (exact) mass is 410 g/mol. The molecule has 0 bridgehead atoms. The first-order valence-electron chi connectivity index (χ1n) is 11.3. The predicted molar refractivity (Wildman–Crippen MR) is 125 cm³/mol. The van der Waals surface area contributed by atoms with E-state index in [1.165, 1.54) is 0 Å². The Kier molecular flexibility index (Phi) is 8.88. The lowest BCUT2D eigenvalue weighted by molar-refractivity contribution is -0.131. The van der Waals surface area contributed by atoms with Crippen LogP contribution in [-0.2, 0) is 16.0 Å². The Labute approximate surface area is 182 Å². The molecule has 0 saturated carbocycles. The van der Waals surface area contributed by atoms with Crippen LogP contribution >= 0.6 is 0 Å². The molecule has 0 fully saturated rings. The number of amides is 2. The molecule has 0 saturated heterocycles. The van der Waals surface area contributed by atoms with Gasteiger partial charge in [-0.1, -0.05) is 70.2 Å². The molecule has 1 N–H and O–H groups in total. The summed E-state index contributed by atoms with van der Waals surface area (Å²) in [4.78, 5) is 29.1. The zero-order valence-electron chi connectivity index (χ0n) is 19.3. The van der Waals surface area contributed by atoms with Crippen LogP contribution in [0.2, 0.25) is 0 Å². The Morgan fingerprint density at radius 2 is 2.00 bits per heavy atom. The fraction of sp³-hybridized carbons (Fsp3) is 0.538. The van der Waals surface area contributed by atoms with Crippen molar-refractivity contribution in [1.82, 2.24) is 5.32 Å². The van der Waals surface area contributed by atoms with E-state index in [4.69, 9.17) is 0 Å².